The molecule has 3 rings (SSSR count). The van der Waals surface area contributed by atoms with E-state index in [9.17, 15) is 18.0 Å². The van der Waals surface area contributed by atoms with Crippen molar-refractivity contribution in [2.24, 2.45) is 0 Å². The maximum Gasteiger partial charge on any atom is 0.266 e. The molecule has 1 aromatic rings. The molecule has 10 heteroatoms. The normalized spacial score (nSPS) is 23.8. The van der Waals surface area contributed by atoms with Gasteiger partial charge in [-0.1, -0.05) is 30.0 Å². The van der Waals surface area contributed by atoms with Gasteiger partial charge in [-0.25, -0.2) is 8.42 Å². The van der Waals surface area contributed by atoms with E-state index in [1.165, 1.54) is 16.7 Å². The monoisotopic (exact) mass is 430 g/mol. The highest BCUT2D eigenvalue weighted by Gasteiger charge is 2.32. The fourth-order valence-electron chi connectivity index (χ4n) is 2.80. The van der Waals surface area contributed by atoms with Gasteiger partial charge in [0.15, 0.2) is 9.84 Å². The van der Waals surface area contributed by atoms with Gasteiger partial charge < -0.3 is 5.32 Å². The van der Waals surface area contributed by atoms with Crippen LogP contribution in [0.25, 0.3) is 6.08 Å². The third-order valence-electron chi connectivity index (χ3n) is 4.07. The minimum Gasteiger partial charge on any atom is -0.352 e. The Labute approximate surface area is 165 Å². The fourth-order valence-corrected chi connectivity index (χ4v) is 6.51. The molecule has 0 radical (unpaired) electrons. The van der Waals surface area contributed by atoms with Gasteiger partial charge in [-0.05, 0) is 30.4 Å². The zero-order valence-electron chi connectivity index (χ0n) is 13.8. The largest absolute Gasteiger partial charge is 0.352 e. The van der Waals surface area contributed by atoms with Gasteiger partial charge in [-0.3, -0.25) is 14.5 Å². The first kappa shape index (κ1) is 19.5. The molecule has 2 aliphatic heterocycles. The summed E-state index contributed by atoms with van der Waals surface area (Å²) in [7, 11) is -3.01. The molecule has 2 aliphatic rings. The van der Waals surface area contributed by atoms with Crippen LogP contribution in [0, 0.1) is 0 Å². The van der Waals surface area contributed by atoms with E-state index in [0.29, 0.717) is 28.6 Å². The first-order valence-electron chi connectivity index (χ1n) is 8.13. The Bertz CT molecular complexity index is 846. The molecular formula is C16H18N2O4S4. The second-order valence-electron chi connectivity index (χ2n) is 6.12. The molecule has 1 aromatic heterocycles. The molecule has 2 fully saturated rings. The SMILES string of the molecule is O=C(CCCN1C(=O)/C(=C\c2cccs2)SC1=S)N[C@@H]1CCS(=O)(=O)C1. The molecule has 2 amide bonds. The maximum absolute atomic E-state index is 12.5. The number of amides is 2. The van der Waals surface area contributed by atoms with Gasteiger partial charge in [-0.2, -0.15) is 0 Å². The van der Waals surface area contributed by atoms with E-state index in [2.05, 4.69) is 5.32 Å². The van der Waals surface area contributed by atoms with E-state index in [0.717, 1.165) is 4.88 Å². The van der Waals surface area contributed by atoms with Crippen LogP contribution in [0.3, 0.4) is 0 Å². The summed E-state index contributed by atoms with van der Waals surface area (Å²) < 4.78 is 23.3. The highest BCUT2D eigenvalue weighted by molar-refractivity contribution is 8.26. The van der Waals surface area contributed by atoms with Crippen molar-refractivity contribution in [2.75, 3.05) is 18.1 Å². The molecule has 0 aliphatic carbocycles. The lowest BCUT2D eigenvalue weighted by molar-refractivity contribution is -0.124. The summed E-state index contributed by atoms with van der Waals surface area (Å²) in [5, 5.41) is 4.70. The van der Waals surface area contributed by atoms with Crippen LogP contribution in [0.2, 0.25) is 0 Å². The van der Waals surface area contributed by atoms with Crippen LogP contribution in [-0.2, 0) is 19.4 Å². The summed E-state index contributed by atoms with van der Waals surface area (Å²) in [6, 6.07) is 3.56. The lowest BCUT2D eigenvalue weighted by atomic mass is 10.2. The third kappa shape index (κ3) is 4.93. The molecule has 1 atom stereocenters. The highest BCUT2D eigenvalue weighted by atomic mass is 32.2. The number of thiocarbonyl (C=S) groups is 1. The predicted octanol–water partition coefficient (Wildman–Crippen LogP) is 2.03. The van der Waals surface area contributed by atoms with Gasteiger partial charge in [0.25, 0.3) is 5.91 Å². The molecular weight excluding hydrogens is 412 g/mol. The molecule has 1 N–H and O–H groups in total. The molecule has 0 bridgehead atoms. The zero-order chi connectivity index (χ0) is 18.7. The van der Waals surface area contributed by atoms with Crippen molar-refractivity contribution in [2.45, 2.75) is 25.3 Å². The minimum atomic E-state index is -3.01. The second kappa shape index (κ2) is 8.20. The van der Waals surface area contributed by atoms with E-state index in [4.69, 9.17) is 12.2 Å². The Morgan fingerprint density at radius 2 is 2.27 bits per heavy atom. The van der Waals surface area contributed by atoms with Crippen LogP contribution < -0.4 is 5.32 Å². The van der Waals surface area contributed by atoms with Gasteiger partial charge in [0.2, 0.25) is 5.91 Å². The Morgan fingerprint density at radius 3 is 2.92 bits per heavy atom. The number of sulfone groups is 1. The molecule has 0 unspecified atom stereocenters. The zero-order valence-corrected chi connectivity index (χ0v) is 17.1. The topological polar surface area (TPSA) is 83.6 Å². The number of nitrogens with zero attached hydrogens (tertiary/aromatic N) is 1. The molecule has 2 saturated heterocycles. The number of carbonyl (C=O) groups excluding carboxylic acids is 2. The van der Waals surface area contributed by atoms with Gasteiger partial charge in [0.05, 0.1) is 16.4 Å². The van der Waals surface area contributed by atoms with E-state index in [1.807, 2.05) is 23.6 Å². The molecule has 0 spiro atoms. The molecule has 6 nitrogen and oxygen atoms in total. The van der Waals surface area contributed by atoms with Crippen LogP contribution in [0.5, 0.6) is 0 Å². The molecule has 3 heterocycles. The third-order valence-corrected chi connectivity index (χ3v) is 8.04. The summed E-state index contributed by atoms with van der Waals surface area (Å²) in [6.07, 6.45) is 3.01. The van der Waals surface area contributed by atoms with Gasteiger partial charge in [0.1, 0.15) is 4.32 Å². The average molecular weight is 431 g/mol. The van der Waals surface area contributed by atoms with E-state index >= 15 is 0 Å². The van der Waals surface area contributed by atoms with Crippen LogP contribution in [0.1, 0.15) is 24.1 Å². The number of thiophene rings is 1. The van der Waals surface area contributed by atoms with Crippen LogP contribution in [0.15, 0.2) is 22.4 Å². The number of carbonyl (C=O) groups is 2. The van der Waals surface area contributed by atoms with Crippen LogP contribution in [0.4, 0.5) is 0 Å². The highest BCUT2D eigenvalue weighted by Crippen LogP contribution is 2.33. The number of hydrogen-bond acceptors (Lipinski definition) is 7. The van der Waals surface area contributed by atoms with Gasteiger partial charge in [-0.15, -0.1) is 11.3 Å². The Hall–Kier alpha value is -1.23. The quantitative estimate of drug-likeness (QED) is 0.549. The van der Waals surface area contributed by atoms with E-state index in [1.54, 1.807) is 11.3 Å². The fraction of sp³-hybridized carbons (Fsp3) is 0.438. The van der Waals surface area contributed by atoms with Crippen molar-refractivity contribution in [1.82, 2.24) is 10.2 Å². The van der Waals surface area contributed by atoms with Crippen molar-refractivity contribution < 1.29 is 18.0 Å². The summed E-state index contributed by atoms with van der Waals surface area (Å²) in [5.74, 6) is -0.172. The van der Waals surface area contributed by atoms with Gasteiger partial charge >= 0.3 is 0 Å². The first-order chi connectivity index (χ1) is 12.3. The average Bonchev–Trinajstić information content (AvgIpc) is 3.25. The number of hydrogen-bond donors (Lipinski definition) is 1. The van der Waals surface area contributed by atoms with Crippen molar-refractivity contribution in [3.05, 3.63) is 27.3 Å². The predicted molar refractivity (Wildman–Crippen MR) is 109 cm³/mol. The van der Waals surface area contributed by atoms with E-state index < -0.39 is 9.84 Å². The van der Waals surface area contributed by atoms with Gasteiger partial charge in [0, 0.05) is 23.9 Å². The minimum absolute atomic E-state index is 0.0148. The maximum atomic E-state index is 12.5. The lowest BCUT2D eigenvalue weighted by Crippen LogP contribution is -2.36. The number of nitrogens with one attached hydrogen (secondary N) is 1. The summed E-state index contributed by atoms with van der Waals surface area (Å²) in [4.78, 5) is 27.5. The number of thioether (sulfide) groups is 1. The van der Waals surface area contributed by atoms with Crippen LogP contribution in [-0.4, -0.2) is 53.5 Å². The Balaban J connectivity index is 1.46. The van der Waals surface area contributed by atoms with Crippen molar-refractivity contribution in [3.8, 4) is 0 Å². The molecule has 26 heavy (non-hydrogen) atoms. The van der Waals surface area contributed by atoms with Crippen molar-refractivity contribution in [1.29, 1.82) is 0 Å². The lowest BCUT2D eigenvalue weighted by Gasteiger charge is -2.15. The van der Waals surface area contributed by atoms with E-state index in [-0.39, 0.29) is 35.8 Å². The standard InChI is InChI=1S/C16H18N2O4S4/c19-14(17-11-5-8-26(21,22)10-11)4-1-6-18-15(20)13(25-16(18)23)9-12-3-2-7-24-12/h2-3,7,9,11H,1,4-6,8,10H2,(H,17,19)/b13-9+/t11-/m1/s1. The van der Waals surface area contributed by atoms with Crippen molar-refractivity contribution in [3.63, 3.8) is 0 Å². The smallest absolute Gasteiger partial charge is 0.266 e. The Kier molecular flexibility index (Phi) is 6.16. The van der Waals surface area contributed by atoms with Crippen molar-refractivity contribution >= 4 is 67.4 Å². The molecule has 0 aromatic carbocycles. The molecule has 140 valence electrons. The van der Waals surface area contributed by atoms with Crippen LogP contribution >= 0.6 is 35.3 Å². The summed E-state index contributed by atoms with van der Waals surface area (Å²) in [6.45, 7) is 0.378. The summed E-state index contributed by atoms with van der Waals surface area (Å²) >= 11 is 8.10. The molecule has 0 saturated carbocycles. The second-order valence-corrected chi connectivity index (χ2v) is 11.0. The Morgan fingerprint density at radius 1 is 1.46 bits per heavy atom. The first-order valence-corrected chi connectivity index (χ1v) is 12.1. The summed E-state index contributed by atoms with van der Waals surface area (Å²) in [5.41, 5.74) is 0. The number of rotatable bonds is 6.